The number of hydrogen-bond donors (Lipinski definition) is 0. The summed E-state index contributed by atoms with van der Waals surface area (Å²) in [5.41, 5.74) is 3.44. The number of aryl methyl sites for hydroxylation is 1. The highest BCUT2D eigenvalue weighted by Crippen LogP contribution is 2.14. The first kappa shape index (κ1) is 13.1. The van der Waals surface area contributed by atoms with Gasteiger partial charge < -0.3 is 14.0 Å². The van der Waals surface area contributed by atoms with Crippen molar-refractivity contribution in [3.8, 4) is 0 Å². The minimum atomic E-state index is 0.652. The number of rotatable bonds is 7. The summed E-state index contributed by atoms with van der Waals surface area (Å²) in [5, 5.41) is 0. The quantitative estimate of drug-likeness (QED) is 0.706. The standard InChI is InChI=1S/C14H20N2O2/c1-3-17-8-9-18-7-6-16-11-15-13-10-12(2)4-5-14(13)16/h4-5,10-11H,3,6-9H2,1-2H3. The van der Waals surface area contributed by atoms with Crippen molar-refractivity contribution in [3.63, 3.8) is 0 Å². The molecule has 98 valence electrons. The highest BCUT2D eigenvalue weighted by atomic mass is 16.5. The molecule has 0 radical (unpaired) electrons. The van der Waals surface area contributed by atoms with Crippen LogP contribution >= 0.6 is 0 Å². The highest BCUT2D eigenvalue weighted by Gasteiger charge is 2.02. The van der Waals surface area contributed by atoms with Gasteiger partial charge in [0.2, 0.25) is 0 Å². The zero-order valence-corrected chi connectivity index (χ0v) is 11.1. The van der Waals surface area contributed by atoms with Gasteiger partial charge in [0.25, 0.3) is 0 Å². The van der Waals surface area contributed by atoms with E-state index in [2.05, 4.69) is 34.7 Å². The molecule has 18 heavy (non-hydrogen) atoms. The highest BCUT2D eigenvalue weighted by molar-refractivity contribution is 5.75. The summed E-state index contributed by atoms with van der Waals surface area (Å²) in [4.78, 5) is 4.39. The van der Waals surface area contributed by atoms with Crippen LogP contribution in [0.5, 0.6) is 0 Å². The largest absolute Gasteiger partial charge is 0.379 e. The Morgan fingerprint density at radius 1 is 1.17 bits per heavy atom. The molecule has 2 aromatic rings. The Labute approximate surface area is 108 Å². The Bertz CT molecular complexity index is 493. The zero-order valence-electron chi connectivity index (χ0n) is 11.1. The van der Waals surface area contributed by atoms with Crippen molar-refractivity contribution in [1.29, 1.82) is 0 Å². The van der Waals surface area contributed by atoms with Crippen LogP contribution in [0.3, 0.4) is 0 Å². The first-order chi connectivity index (χ1) is 8.81. The number of imidazole rings is 1. The molecule has 0 atom stereocenters. The lowest BCUT2D eigenvalue weighted by molar-refractivity contribution is 0.0500. The molecule has 0 amide bonds. The van der Waals surface area contributed by atoms with E-state index < -0.39 is 0 Å². The molecule has 0 saturated heterocycles. The van der Waals surface area contributed by atoms with Crippen molar-refractivity contribution in [2.75, 3.05) is 26.4 Å². The van der Waals surface area contributed by atoms with Crippen LogP contribution in [-0.4, -0.2) is 36.0 Å². The van der Waals surface area contributed by atoms with Gasteiger partial charge in [-0.25, -0.2) is 4.98 Å². The molecule has 4 heteroatoms. The number of hydrogen-bond acceptors (Lipinski definition) is 3. The van der Waals surface area contributed by atoms with Gasteiger partial charge in [0.15, 0.2) is 0 Å². The molecule has 0 aliphatic rings. The Kier molecular flexibility index (Phi) is 4.73. The number of fused-ring (bicyclic) bond motifs is 1. The van der Waals surface area contributed by atoms with Gasteiger partial charge >= 0.3 is 0 Å². The average Bonchev–Trinajstić information content (AvgIpc) is 2.76. The number of nitrogens with zero attached hydrogens (tertiary/aromatic N) is 2. The summed E-state index contributed by atoms with van der Waals surface area (Å²) in [6, 6.07) is 6.32. The summed E-state index contributed by atoms with van der Waals surface area (Å²) < 4.78 is 12.8. The molecule has 2 rings (SSSR count). The number of ether oxygens (including phenoxy) is 2. The molecule has 0 aliphatic heterocycles. The first-order valence-electron chi connectivity index (χ1n) is 6.38. The monoisotopic (exact) mass is 248 g/mol. The predicted octanol–water partition coefficient (Wildman–Crippen LogP) is 2.40. The van der Waals surface area contributed by atoms with E-state index in [1.54, 1.807) is 0 Å². The smallest absolute Gasteiger partial charge is 0.0959 e. The number of aromatic nitrogens is 2. The lowest BCUT2D eigenvalue weighted by Gasteiger charge is -2.06. The summed E-state index contributed by atoms with van der Waals surface area (Å²) in [6.07, 6.45) is 1.87. The summed E-state index contributed by atoms with van der Waals surface area (Å²) in [6.45, 7) is 7.64. The van der Waals surface area contributed by atoms with Crippen molar-refractivity contribution >= 4 is 11.0 Å². The predicted molar refractivity (Wildman–Crippen MR) is 71.8 cm³/mol. The molecular weight excluding hydrogens is 228 g/mol. The maximum absolute atomic E-state index is 5.51. The van der Waals surface area contributed by atoms with Gasteiger partial charge in [0.05, 0.1) is 37.2 Å². The molecule has 0 bridgehead atoms. The molecule has 4 nitrogen and oxygen atoms in total. The minimum Gasteiger partial charge on any atom is -0.379 e. The van der Waals surface area contributed by atoms with Crippen LogP contribution in [0.2, 0.25) is 0 Å². The van der Waals surface area contributed by atoms with Crippen LogP contribution < -0.4 is 0 Å². The molecule has 0 spiro atoms. The molecule has 0 unspecified atom stereocenters. The second-order valence-electron chi connectivity index (χ2n) is 4.24. The lowest BCUT2D eigenvalue weighted by atomic mass is 10.2. The van der Waals surface area contributed by atoms with Crippen molar-refractivity contribution in [2.24, 2.45) is 0 Å². The van der Waals surface area contributed by atoms with Gasteiger partial charge in [0.1, 0.15) is 0 Å². The summed E-state index contributed by atoms with van der Waals surface area (Å²) >= 11 is 0. The van der Waals surface area contributed by atoms with Crippen LogP contribution in [0.25, 0.3) is 11.0 Å². The maximum atomic E-state index is 5.51. The van der Waals surface area contributed by atoms with E-state index in [9.17, 15) is 0 Å². The minimum absolute atomic E-state index is 0.652. The third kappa shape index (κ3) is 3.31. The summed E-state index contributed by atoms with van der Waals surface area (Å²) in [7, 11) is 0. The first-order valence-corrected chi connectivity index (χ1v) is 6.38. The van der Waals surface area contributed by atoms with E-state index in [1.165, 1.54) is 5.56 Å². The fourth-order valence-corrected chi connectivity index (χ4v) is 1.88. The lowest BCUT2D eigenvalue weighted by Crippen LogP contribution is -2.09. The van der Waals surface area contributed by atoms with Gasteiger partial charge in [0, 0.05) is 13.2 Å². The van der Waals surface area contributed by atoms with Crippen LogP contribution in [-0.2, 0) is 16.0 Å². The van der Waals surface area contributed by atoms with Crippen LogP contribution in [0.15, 0.2) is 24.5 Å². The van der Waals surface area contributed by atoms with Crippen LogP contribution in [0.1, 0.15) is 12.5 Å². The van der Waals surface area contributed by atoms with Gasteiger partial charge in [-0.2, -0.15) is 0 Å². The molecular formula is C14H20N2O2. The Morgan fingerprint density at radius 3 is 2.83 bits per heavy atom. The van der Waals surface area contributed by atoms with E-state index >= 15 is 0 Å². The molecule has 1 heterocycles. The second-order valence-corrected chi connectivity index (χ2v) is 4.24. The molecule has 0 N–H and O–H groups in total. The molecule has 0 aliphatic carbocycles. The van der Waals surface area contributed by atoms with Crippen molar-refractivity contribution in [2.45, 2.75) is 20.4 Å². The SMILES string of the molecule is CCOCCOCCn1cnc2cc(C)ccc21. The molecule has 0 fully saturated rings. The van der Waals surface area contributed by atoms with E-state index in [-0.39, 0.29) is 0 Å². The number of benzene rings is 1. The Morgan fingerprint density at radius 2 is 2.00 bits per heavy atom. The molecule has 0 saturated carbocycles. The Hall–Kier alpha value is -1.39. The Balaban J connectivity index is 1.84. The average molecular weight is 248 g/mol. The van der Waals surface area contributed by atoms with Crippen molar-refractivity contribution in [1.82, 2.24) is 9.55 Å². The normalized spacial score (nSPS) is 11.2. The van der Waals surface area contributed by atoms with Crippen LogP contribution in [0, 0.1) is 6.92 Å². The van der Waals surface area contributed by atoms with E-state index in [0.717, 1.165) is 24.2 Å². The fourth-order valence-electron chi connectivity index (χ4n) is 1.88. The van der Waals surface area contributed by atoms with Crippen molar-refractivity contribution < 1.29 is 9.47 Å². The van der Waals surface area contributed by atoms with E-state index in [0.29, 0.717) is 19.8 Å². The van der Waals surface area contributed by atoms with Crippen molar-refractivity contribution in [3.05, 3.63) is 30.1 Å². The van der Waals surface area contributed by atoms with Gasteiger partial charge in [-0.05, 0) is 31.5 Å². The molecule has 1 aromatic carbocycles. The fraction of sp³-hybridized carbons (Fsp3) is 0.500. The van der Waals surface area contributed by atoms with E-state index in [1.807, 2.05) is 13.3 Å². The maximum Gasteiger partial charge on any atom is 0.0959 e. The topological polar surface area (TPSA) is 36.3 Å². The summed E-state index contributed by atoms with van der Waals surface area (Å²) in [5.74, 6) is 0. The third-order valence-electron chi connectivity index (χ3n) is 2.83. The zero-order chi connectivity index (χ0) is 12.8. The molecule has 1 aromatic heterocycles. The van der Waals surface area contributed by atoms with Gasteiger partial charge in [-0.1, -0.05) is 6.07 Å². The van der Waals surface area contributed by atoms with E-state index in [4.69, 9.17) is 9.47 Å². The van der Waals surface area contributed by atoms with Gasteiger partial charge in [-0.15, -0.1) is 0 Å². The third-order valence-corrected chi connectivity index (χ3v) is 2.83. The van der Waals surface area contributed by atoms with Gasteiger partial charge in [-0.3, -0.25) is 0 Å². The van der Waals surface area contributed by atoms with Crippen LogP contribution in [0.4, 0.5) is 0 Å². The second kappa shape index (κ2) is 6.52.